The molecule has 142 valence electrons. The first kappa shape index (κ1) is 17.7. The number of aromatic amines is 1. The van der Waals surface area contributed by atoms with E-state index < -0.39 is 0 Å². The number of hydrogen-bond acceptors (Lipinski definition) is 7. The van der Waals surface area contributed by atoms with Gasteiger partial charge in [0.1, 0.15) is 29.7 Å². The molecular weight excluding hydrogens is 346 g/mol. The largest absolute Gasteiger partial charge is 0.488 e. The molecule has 1 unspecified atom stereocenters. The van der Waals surface area contributed by atoms with Gasteiger partial charge in [-0.1, -0.05) is 0 Å². The van der Waals surface area contributed by atoms with Crippen molar-refractivity contribution in [1.29, 1.82) is 0 Å². The second-order valence-electron chi connectivity index (χ2n) is 6.69. The zero-order valence-electron chi connectivity index (χ0n) is 15.7. The molecule has 3 heterocycles. The summed E-state index contributed by atoms with van der Waals surface area (Å²) in [6.45, 7) is 4.18. The number of nitrogens with zero attached hydrogens (tertiary/aromatic N) is 4. The predicted octanol–water partition coefficient (Wildman–Crippen LogP) is 2.27. The SMILES string of the molecule is COCC(C)Oc1ccc2[nH]nc(-c3cc(N4CC(OC)C4)ncn3)c2c1. The fourth-order valence-corrected chi connectivity index (χ4v) is 3.19. The maximum atomic E-state index is 5.91. The first-order chi connectivity index (χ1) is 13.2. The minimum absolute atomic E-state index is 0.0337. The van der Waals surface area contributed by atoms with Crippen LogP contribution in [0.5, 0.6) is 5.75 Å². The Kier molecular flexibility index (Phi) is 4.91. The van der Waals surface area contributed by atoms with Crippen molar-refractivity contribution < 1.29 is 14.2 Å². The van der Waals surface area contributed by atoms with Crippen molar-refractivity contribution in [3.63, 3.8) is 0 Å². The maximum Gasteiger partial charge on any atom is 0.132 e. The molecule has 3 aromatic rings. The number of benzene rings is 1. The predicted molar refractivity (Wildman–Crippen MR) is 102 cm³/mol. The van der Waals surface area contributed by atoms with E-state index in [1.807, 2.05) is 31.2 Å². The smallest absolute Gasteiger partial charge is 0.132 e. The van der Waals surface area contributed by atoms with Crippen molar-refractivity contribution in [2.45, 2.75) is 19.1 Å². The van der Waals surface area contributed by atoms with Crippen LogP contribution in [0.4, 0.5) is 5.82 Å². The molecule has 0 saturated carbocycles. The lowest BCUT2D eigenvalue weighted by atomic mass is 10.1. The van der Waals surface area contributed by atoms with Crippen LogP contribution in [0.1, 0.15) is 6.92 Å². The summed E-state index contributed by atoms with van der Waals surface area (Å²) in [5.41, 5.74) is 2.48. The fourth-order valence-electron chi connectivity index (χ4n) is 3.19. The summed E-state index contributed by atoms with van der Waals surface area (Å²) in [5, 5.41) is 8.48. The van der Waals surface area contributed by atoms with E-state index in [9.17, 15) is 0 Å². The van der Waals surface area contributed by atoms with Crippen LogP contribution in [0.3, 0.4) is 0 Å². The van der Waals surface area contributed by atoms with Gasteiger partial charge in [-0.2, -0.15) is 5.10 Å². The van der Waals surface area contributed by atoms with E-state index in [2.05, 4.69) is 25.1 Å². The van der Waals surface area contributed by atoms with Crippen LogP contribution < -0.4 is 9.64 Å². The summed E-state index contributed by atoms with van der Waals surface area (Å²) in [6, 6.07) is 7.82. The minimum atomic E-state index is -0.0337. The van der Waals surface area contributed by atoms with Crippen molar-refractivity contribution in [3.8, 4) is 17.1 Å². The zero-order valence-corrected chi connectivity index (χ0v) is 15.7. The number of aromatic nitrogens is 4. The molecule has 1 aromatic carbocycles. The molecule has 1 atom stereocenters. The maximum absolute atomic E-state index is 5.91. The van der Waals surface area contributed by atoms with Gasteiger partial charge in [0.25, 0.3) is 0 Å². The van der Waals surface area contributed by atoms with Gasteiger partial charge in [-0.15, -0.1) is 0 Å². The Bertz CT molecular complexity index is 923. The first-order valence-corrected chi connectivity index (χ1v) is 8.92. The van der Waals surface area contributed by atoms with Crippen LogP contribution in [-0.4, -0.2) is 66.3 Å². The molecule has 0 bridgehead atoms. The molecule has 1 saturated heterocycles. The average molecular weight is 369 g/mol. The Balaban J connectivity index is 1.61. The Hall–Kier alpha value is -2.71. The number of fused-ring (bicyclic) bond motifs is 1. The average Bonchev–Trinajstić information content (AvgIpc) is 3.04. The lowest BCUT2D eigenvalue weighted by Gasteiger charge is -2.38. The number of ether oxygens (including phenoxy) is 3. The van der Waals surface area contributed by atoms with Crippen molar-refractivity contribution in [2.24, 2.45) is 0 Å². The van der Waals surface area contributed by atoms with Gasteiger partial charge in [0.2, 0.25) is 0 Å². The Morgan fingerprint density at radius 1 is 1.22 bits per heavy atom. The monoisotopic (exact) mass is 369 g/mol. The third-order valence-electron chi connectivity index (χ3n) is 4.67. The first-order valence-electron chi connectivity index (χ1n) is 8.92. The molecule has 2 aromatic heterocycles. The van der Waals surface area contributed by atoms with Gasteiger partial charge in [-0.3, -0.25) is 5.10 Å². The second kappa shape index (κ2) is 7.50. The standard InChI is InChI=1S/C19H23N5O3/c1-12(10-25-2)27-13-4-5-16-15(6-13)19(23-22-16)17-7-18(21-11-20-17)24-8-14(9-24)26-3/h4-7,11-12,14H,8-10H2,1-3H3,(H,22,23). The number of H-pyrrole nitrogens is 1. The number of rotatable bonds is 7. The quantitative estimate of drug-likeness (QED) is 0.684. The van der Waals surface area contributed by atoms with Crippen molar-refractivity contribution in [1.82, 2.24) is 20.2 Å². The third kappa shape index (κ3) is 3.58. The van der Waals surface area contributed by atoms with E-state index >= 15 is 0 Å². The van der Waals surface area contributed by atoms with Crippen LogP contribution >= 0.6 is 0 Å². The molecule has 0 amide bonds. The summed E-state index contributed by atoms with van der Waals surface area (Å²) >= 11 is 0. The number of methoxy groups -OCH3 is 2. The van der Waals surface area contributed by atoms with Crippen molar-refractivity contribution in [3.05, 3.63) is 30.6 Å². The highest BCUT2D eigenvalue weighted by molar-refractivity contribution is 5.93. The topological polar surface area (TPSA) is 85.4 Å². The summed E-state index contributed by atoms with van der Waals surface area (Å²) in [5.74, 6) is 1.65. The van der Waals surface area contributed by atoms with Gasteiger partial charge in [0, 0.05) is 38.8 Å². The van der Waals surface area contributed by atoms with Gasteiger partial charge in [-0.25, -0.2) is 9.97 Å². The minimum Gasteiger partial charge on any atom is -0.488 e. The highest BCUT2D eigenvalue weighted by Gasteiger charge is 2.28. The Morgan fingerprint density at radius 2 is 2.07 bits per heavy atom. The van der Waals surface area contributed by atoms with E-state index in [4.69, 9.17) is 14.2 Å². The molecule has 0 radical (unpaired) electrons. The fraction of sp³-hybridized carbons (Fsp3) is 0.421. The second-order valence-corrected chi connectivity index (χ2v) is 6.69. The molecule has 27 heavy (non-hydrogen) atoms. The van der Waals surface area contributed by atoms with Gasteiger partial charge >= 0.3 is 0 Å². The summed E-state index contributed by atoms with van der Waals surface area (Å²) < 4.78 is 16.4. The zero-order chi connectivity index (χ0) is 18.8. The highest BCUT2D eigenvalue weighted by atomic mass is 16.5. The molecule has 0 aliphatic carbocycles. The molecule has 8 nitrogen and oxygen atoms in total. The van der Waals surface area contributed by atoms with Crippen LogP contribution in [0.2, 0.25) is 0 Å². The molecule has 8 heteroatoms. The van der Waals surface area contributed by atoms with Crippen LogP contribution in [-0.2, 0) is 9.47 Å². The van der Waals surface area contributed by atoms with Crippen molar-refractivity contribution >= 4 is 16.7 Å². The van der Waals surface area contributed by atoms with Crippen LogP contribution in [0.15, 0.2) is 30.6 Å². The van der Waals surface area contributed by atoms with Crippen LogP contribution in [0.25, 0.3) is 22.3 Å². The highest BCUT2D eigenvalue weighted by Crippen LogP contribution is 2.30. The number of nitrogens with one attached hydrogen (secondary N) is 1. The molecule has 1 aliphatic rings. The number of anilines is 1. The third-order valence-corrected chi connectivity index (χ3v) is 4.67. The lowest BCUT2D eigenvalue weighted by Crippen LogP contribution is -2.52. The molecule has 0 spiro atoms. The van der Waals surface area contributed by atoms with Gasteiger partial charge in [0.05, 0.1) is 23.9 Å². The molecule has 1 fully saturated rings. The number of hydrogen-bond donors (Lipinski definition) is 1. The van der Waals surface area contributed by atoms with E-state index in [-0.39, 0.29) is 12.2 Å². The summed E-state index contributed by atoms with van der Waals surface area (Å²) in [6.07, 6.45) is 1.81. The lowest BCUT2D eigenvalue weighted by molar-refractivity contribution is 0.0783. The van der Waals surface area contributed by atoms with Gasteiger partial charge in [-0.05, 0) is 25.1 Å². The Morgan fingerprint density at radius 3 is 2.85 bits per heavy atom. The van der Waals surface area contributed by atoms with E-state index in [1.54, 1.807) is 20.5 Å². The normalized spacial score (nSPS) is 15.7. The molecular formula is C19H23N5O3. The van der Waals surface area contributed by atoms with E-state index in [0.29, 0.717) is 6.61 Å². The summed E-state index contributed by atoms with van der Waals surface area (Å²) in [4.78, 5) is 11.0. The summed E-state index contributed by atoms with van der Waals surface area (Å²) in [7, 11) is 3.40. The van der Waals surface area contributed by atoms with Gasteiger partial charge in [0.15, 0.2) is 0 Å². The molecule has 4 rings (SSSR count). The van der Waals surface area contributed by atoms with E-state index in [0.717, 1.165) is 46.9 Å². The molecule has 1 aliphatic heterocycles. The van der Waals surface area contributed by atoms with Crippen LogP contribution in [0, 0.1) is 0 Å². The van der Waals surface area contributed by atoms with Gasteiger partial charge < -0.3 is 19.1 Å². The van der Waals surface area contributed by atoms with Crippen molar-refractivity contribution in [2.75, 3.05) is 38.8 Å². The molecule has 1 N–H and O–H groups in total. The Labute approximate surface area is 157 Å². The van der Waals surface area contributed by atoms with E-state index in [1.165, 1.54) is 0 Å².